The summed E-state index contributed by atoms with van der Waals surface area (Å²) in [4.78, 5) is 21.6. The Hall–Kier alpha value is -1.72. The van der Waals surface area contributed by atoms with Crippen LogP contribution in [0.25, 0.3) is 0 Å². The molecule has 0 saturated heterocycles. The van der Waals surface area contributed by atoms with Crippen LogP contribution in [0.5, 0.6) is 5.75 Å². The molecule has 0 aliphatic carbocycles. The van der Waals surface area contributed by atoms with E-state index in [2.05, 4.69) is 0 Å². The topological polar surface area (TPSA) is 89.6 Å². The van der Waals surface area contributed by atoms with Gasteiger partial charge in [-0.15, -0.1) is 0 Å². The Balaban J connectivity index is 2.91. The number of hydrogen-bond donors (Lipinski definition) is 2. The number of rotatable bonds is 5. The van der Waals surface area contributed by atoms with Crippen LogP contribution in [0, 0.1) is 0 Å². The van der Waals surface area contributed by atoms with Crippen molar-refractivity contribution in [2.24, 2.45) is 5.73 Å². The molecule has 0 aliphatic heterocycles. The predicted octanol–water partition coefficient (Wildman–Crippen LogP) is 0.286. The number of ether oxygens (including phenoxy) is 1. The molecule has 1 aromatic rings. The fraction of sp³-hybridized carbons (Fsp3) is 0.333. The Kier molecular flexibility index (Phi) is 4.81. The zero-order chi connectivity index (χ0) is 12.8. The maximum Gasteiger partial charge on any atom is 0.308 e. The van der Waals surface area contributed by atoms with Crippen LogP contribution < -0.4 is 10.5 Å². The first kappa shape index (κ1) is 13.3. The second kappa shape index (κ2) is 6.12. The lowest BCUT2D eigenvalue weighted by atomic mass is 10.0. The number of hydrogen-bond acceptors (Lipinski definition) is 5. The molecule has 5 nitrogen and oxygen atoms in total. The molecule has 1 atom stereocenters. The van der Waals surface area contributed by atoms with Gasteiger partial charge < -0.3 is 15.6 Å². The molecule has 0 unspecified atom stereocenters. The molecule has 5 heteroatoms. The van der Waals surface area contributed by atoms with Gasteiger partial charge in [0.25, 0.3) is 0 Å². The van der Waals surface area contributed by atoms with Crippen LogP contribution >= 0.6 is 0 Å². The van der Waals surface area contributed by atoms with Crippen molar-refractivity contribution in [2.45, 2.75) is 19.4 Å². The van der Waals surface area contributed by atoms with E-state index in [1.54, 1.807) is 18.2 Å². The van der Waals surface area contributed by atoms with E-state index in [1.165, 1.54) is 6.92 Å². The summed E-state index contributed by atoms with van der Waals surface area (Å²) >= 11 is 0. The van der Waals surface area contributed by atoms with E-state index in [9.17, 15) is 9.59 Å². The average molecular weight is 237 g/mol. The molecule has 0 aliphatic rings. The van der Waals surface area contributed by atoms with Crippen molar-refractivity contribution in [1.29, 1.82) is 0 Å². The molecule has 0 radical (unpaired) electrons. The zero-order valence-electron chi connectivity index (χ0n) is 9.55. The fourth-order valence-corrected chi connectivity index (χ4v) is 1.43. The smallest absolute Gasteiger partial charge is 0.308 e. The molecule has 0 spiro atoms. The Morgan fingerprint density at radius 3 is 2.82 bits per heavy atom. The Morgan fingerprint density at radius 1 is 1.59 bits per heavy atom. The van der Waals surface area contributed by atoms with E-state index in [1.807, 2.05) is 0 Å². The van der Waals surface area contributed by atoms with Gasteiger partial charge in [-0.1, -0.05) is 6.07 Å². The van der Waals surface area contributed by atoms with Crippen molar-refractivity contribution < 1.29 is 19.4 Å². The molecule has 0 heterocycles. The maximum absolute atomic E-state index is 10.8. The molecule has 0 bridgehead atoms. The van der Waals surface area contributed by atoms with Crippen molar-refractivity contribution >= 4 is 12.3 Å². The van der Waals surface area contributed by atoms with Crippen molar-refractivity contribution in [2.75, 3.05) is 6.61 Å². The highest BCUT2D eigenvalue weighted by atomic mass is 16.5. The molecule has 0 saturated carbocycles. The summed E-state index contributed by atoms with van der Waals surface area (Å²) in [5.41, 5.74) is 6.70. The van der Waals surface area contributed by atoms with E-state index in [4.69, 9.17) is 15.6 Å². The van der Waals surface area contributed by atoms with Crippen LogP contribution in [0.3, 0.4) is 0 Å². The minimum absolute atomic E-state index is 0.123. The summed E-state index contributed by atoms with van der Waals surface area (Å²) in [6.45, 7) is 1.15. The van der Waals surface area contributed by atoms with Crippen molar-refractivity contribution in [3.8, 4) is 5.75 Å². The van der Waals surface area contributed by atoms with Gasteiger partial charge in [0.15, 0.2) is 6.29 Å². The zero-order valence-corrected chi connectivity index (χ0v) is 9.55. The van der Waals surface area contributed by atoms with Crippen molar-refractivity contribution in [3.05, 3.63) is 29.3 Å². The lowest BCUT2D eigenvalue weighted by Gasteiger charge is -2.10. The summed E-state index contributed by atoms with van der Waals surface area (Å²) in [5, 5.41) is 8.83. The van der Waals surface area contributed by atoms with Crippen LogP contribution in [0.15, 0.2) is 18.2 Å². The first-order valence-electron chi connectivity index (χ1n) is 5.19. The molecule has 3 N–H and O–H groups in total. The van der Waals surface area contributed by atoms with Crippen molar-refractivity contribution in [3.63, 3.8) is 0 Å². The van der Waals surface area contributed by atoms with Gasteiger partial charge >= 0.3 is 5.97 Å². The van der Waals surface area contributed by atoms with E-state index < -0.39 is 5.97 Å². The number of nitrogens with two attached hydrogens (primary N) is 1. The van der Waals surface area contributed by atoms with Crippen molar-refractivity contribution in [1.82, 2.24) is 0 Å². The summed E-state index contributed by atoms with van der Waals surface area (Å²) in [7, 11) is 0. The third-order valence-corrected chi connectivity index (χ3v) is 2.19. The average Bonchev–Trinajstić information content (AvgIpc) is 2.30. The summed E-state index contributed by atoms with van der Waals surface area (Å²) in [6, 6.07) is 4.49. The molecule has 17 heavy (non-hydrogen) atoms. The third kappa shape index (κ3) is 3.97. The molecule has 92 valence electrons. The molecule has 0 aromatic heterocycles. The first-order valence-corrected chi connectivity index (χ1v) is 5.19. The number of carbonyl (C=O) groups excluding carboxylic acids is 2. The van der Waals surface area contributed by atoms with Gasteiger partial charge in [0, 0.05) is 13.0 Å². The molecule has 1 aromatic carbocycles. The van der Waals surface area contributed by atoms with Gasteiger partial charge in [-0.25, -0.2) is 0 Å². The minimum atomic E-state index is -0.479. The number of benzene rings is 1. The Morgan fingerprint density at radius 2 is 2.29 bits per heavy atom. The monoisotopic (exact) mass is 237 g/mol. The number of aldehydes is 1. The van der Waals surface area contributed by atoms with Crippen LogP contribution in [-0.4, -0.2) is 30.0 Å². The van der Waals surface area contributed by atoms with Gasteiger partial charge in [-0.05, 0) is 24.1 Å². The molecule has 1 rings (SSSR count). The largest absolute Gasteiger partial charge is 0.426 e. The second-order valence-corrected chi connectivity index (χ2v) is 3.73. The Labute approximate surface area is 99.2 Å². The minimum Gasteiger partial charge on any atom is -0.426 e. The third-order valence-electron chi connectivity index (χ3n) is 2.19. The Bertz CT molecular complexity index is 417. The van der Waals surface area contributed by atoms with Gasteiger partial charge in [-0.3, -0.25) is 9.59 Å². The van der Waals surface area contributed by atoms with Crippen LogP contribution in [0.4, 0.5) is 0 Å². The first-order chi connectivity index (χ1) is 8.06. The van der Waals surface area contributed by atoms with E-state index >= 15 is 0 Å². The number of carbonyl (C=O) groups is 2. The van der Waals surface area contributed by atoms with Gasteiger partial charge in [-0.2, -0.15) is 0 Å². The highest BCUT2D eigenvalue weighted by Crippen LogP contribution is 2.19. The second-order valence-electron chi connectivity index (χ2n) is 3.73. The summed E-state index contributed by atoms with van der Waals surface area (Å²) in [6.07, 6.45) is 1.07. The molecular formula is C12H15NO4. The van der Waals surface area contributed by atoms with E-state index in [0.717, 1.165) is 5.56 Å². The molecular weight excluding hydrogens is 222 g/mol. The highest BCUT2D eigenvalue weighted by molar-refractivity contribution is 5.82. The van der Waals surface area contributed by atoms with Gasteiger partial charge in [0.2, 0.25) is 0 Å². The number of aliphatic hydroxyl groups excluding tert-OH is 1. The van der Waals surface area contributed by atoms with Gasteiger partial charge in [0.05, 0.1) is 12.2 Å². The number of esters is 1. The maximum atomic E-state index is 10.8. The fourth-order valence-electron chi connectivity index (χ4n) is 1.43. The predicted molar refractivity (Wildman–Crippen MR) is 61.9 cm³/mol. The normalized spacial score (nSPS) is 11.9. The molecule has 0 fully saturated rings. The molecule has 0 amide bonds. The standard InChI is InChI=1S/C12H15NO4/c1-8(16)17-12-3-2-9(4-10(12)6-14)5-11(13)7-15/h2-4,6,11,15H,5,7,13H2,1H3/t11-/m0/s1. The van der Waals surface area contributed by atoms with Gasteiger partial charge in [0.1, 0.15) is 5.75 Å². The lowest BCUT2D eigenvalue weighted by Crippen LogP contribution is -2.26. The van der Waals surface area contributed by atoms with E-state index in [0.29, 0.717) is 18.3 Å². The summed E-state index contributed by atoms with van der Waals surface area (Å²) in [5.74, 6) is -0.248. The quantitative estimate of drug-likeness (QED) is 0.436. The lowest BCUT2D eigenvalue weighted by molar-refractivity contribution is -0.131. The highest BCUT2D eigenvalue weighted by Gasteiger charge is 2.09. The van der Waals surface area contributed by atoms with E-state index in [-0.39, 0.29) is 18.4 Å². The number of aliphatic hydroxyl groups is 1. The van der Waals surface area contributed by atoms with Crippen LogP contribution in [0.2, 0.25) is 0 Å². The summed E-state index contributed by atoms with van der Waals surface area (Å²) < 4.78 is 4.87. The SMILES string of the molecule is CC(=O)Oc1ccc(C[C@H](N)CO)cc1C=O. The van der Waals surface area contributed by atoms with Crippen LogP contribution in [0.1, 0.15) is 22.8 Å². The van der Waals surface area contributed by atoms with Crippen LogP contribution in [-0.2, 0) is 11.2 Å².